The van der Waals surface area contributed by atoms with Gasteiger partial charge in [-0.05, 0) is 61.1 Å². The molecule has 2 aromatic carbocycles. The Hall–Kier alpha value is -3.50. The number of rotatable bonds is 5. The number of amides is 1. The lowest BCUT2D eigenvalue weighted by atomic mass is 9.97. The number of aryl methyl sites for hydroxylation is 1. The third-order valence-electron chi connectivity index (χ3n) is 6.84. The third kappa shape index (κ3) is 4.20. The number of aromatic nitrogens is 4. The largest absolute Gasteiger partial charge is 0.447 e. The Balaban J connectivity index is 1.39. The molecule has 4 heterocycles. The summed E-state index contributed by atoms with van der Waals surface area (Å²) in [5, 5.41) is 5.56. The number of cyclic esters (lactones) is 1. The van der Waals surface area contributed by atoms with Crippen molar-refractivity contribution in [3.63, 3.8) is 0 Å². The molecule has 0 spiro atoms. The van der Waals surface area contributed by atoms with Crippen LogP contribution in [0.3, 0.4) is 0 Å². The van der Waals surface area contributed by atoms with Crippen molar-refractivity contribution in [3.8, 4) is 10.6 Å². The van der Waals surface area contributed by atoms with Gasteiger partial charge in [0.25, 0.3) is 5.56 Å². The molecule has 0 radical (unpaired) electrons. The summed E-state index contributed by atoms with van der Waals surface area (Å²) in [7, 11) is 0. The fourth-order valence-electron chi connectivity index (χ4n) is 4.98. The van der Waals surface area contributed by atoms with E-state index in [9.17, 15) is 9.59 Å². The van der Waals surface area contributed by atoms with Gasteiger partial charge in [-0.2, -0.15) is 4.37 Å². The van der Waals surface area contributed by atoms with Crippen LogP contribution in [0, 0.1) is 6.92 Å². The number of ether oxygens (including phenoxy) is 1. The van der Waals surface area contributed by atoms with Gasteiger partial charge in [0, 0.05) is 28.9 Å². The van der Waals surface area contributed by atoms with E-state index in [-0.39, 0.29) is 23.7 Å². The van der Waals surface area contributed by atoms with Gasteiger partial charge in [0.1, 0.15) is 23.8 Å². The highest BCUT2D eigenvalue weighted by molar-refractivity contribution is 7.09. The Labute approximate surface area is 215 Å². The number of nitrogens with zero attached hydrogens (tertiary/aromatic N) is 5. The maximum Gasteiger partial charge on any atom is 0.410 e. The number of benzene rings is 2. The van der Waals surface area contributed by atoms with Crippen molar-refractivity contribution in [2.75, 3.05) is 18.5 Å². The van der Waals surface area contributed by atoms with Crippen LogP contribution in [0.1, 0.15) is 24.2 Å². The van der Waals surface area contributed by atoms with E-state index < -0.39 is 0 Å². The van der Waals surface area contributed by atoms with E-state index >= 15 is 0 Å². The molecule has 4 aromatic rings. The van der Waals surface area contributed by atoms with Crippen molar-refractivity contribution in [2.24, 2.45) is 0 Å². The fraction of sp³-hybridized carbons (Fsp3) is 0.320. The van der Waals surface area contributed by atoms with E-state index in [0.29, 0.717) is 41.4 Å². The van der Waals surface area contributed by atoms with Gasteiger partial charge < -0.3 is 15.0 Å². The molecule has 2 aliphatic rings. The van der Waals surface area contributed by atoms with Crippen LogP contribution in [-0.4, -0.2) is 55.1 Å². The standard InChI is InChI=1S/C25H23ClN6O3S/c1-14-29-22-9-19(23-27-13-28-36-23)21(30-17-6-7-31-18(8-17)12-35-25(31)34)10-20(22)24(33)32(14)11-15-2-4-16(26)5-3-15/h2-5,9-10,13,17-18,30H,6-8,11-12H2,1H3/t17-,18-/m0/s1. The zero-order valence-electron chi connectivity index (χ0n) is 19.5. The molecule has 11 heteroatoms. The number of piperidine rings is 1. The molecular weight excluding hydrogens is 500 g/mol. The van der Waals surface area contributed by atoms with Crippen molar-refractivity contribution >= 4 is 45.8 Å². The summed E-state index contributed by atoms with van der Waals surface area (Å²) in [6, 6.07) is 11.4. The molecule has 0 saturated carbocycles. The van der Waals surface area contributed by atoms with Crippen LogP contribution in [0.4, 0.5) is 10.5 Å². The summed E-state index contributed by atoms with van der Waals surface area (Å²) in [4.78, 5) is 36.5. The van der Waals surface area contributed by atoms with Crippen LogP contribution in [0.5, 0.6) is 0 Å². The Morgan fingerprint density at radius 3 is 2.83 bits per heavy atom. The summed E-state index contributed by atoms with van der Waals surface area (Å²) in [5.74, 6) is 0.629. The molecule has 184 valence electrons. The molecule has 2 saturated heterocycles. The molecule has 1 amide bonds. The minimum atomic E-state index is -0.235. The molecule has 9 nitrogen and oxygen atoms in total. The Morgan fingerprint density at radius 2 is 2.06 bits per heavy atom. The van der Waals surface area contributed by atoms with Crippen molar-refractivity contribution in [1.29, 1.82) is 0 Å². The lowest BCUT2D eigenvalue weighted by Crippen LogP contribution is -2.45. The quantitative estimate of drug-likeness (QED) is 0.416. The van der Waals surface area contributed by atoms with E-state index in [0.717, 1.165) is 34.7 Å². The van der Waals surface area contributed by atoms with Gasteiger partial charge in [-0.15, -0.1) is 0 Å². The van der Waals surface area contributed by atoms with Crippen LogP contribution in [0.2, 0.25) is 5.02 Å². The first kappa shape index (κ1) is 22.9. The van der Waals surface area contributed by atoms with E-state index in [1.807, 2.05) is 43.3 Å². The minimum Gasteiger partial charge on any atom is -0.447 e. The average molecular weight is 523 g/mol. The lowest BCUT2D eigenvalue weighted by Gasteiger charge is -2.33. The molecule has 2 atom stereocenters. The summed E-state index contributed by atoms with van der Waals surface area (Å²) in [5.41, 5.74) is 3.14. The van der Waals surface area contributed by atoms with Gasteiger partial charge in [0.2, 0.25) is 0 Å². The molecular formula is C25H23ClN6O3S. The molecule has 2 fully saturated rings. The normalized spacial score (nSPS) is 19.4. The van der Waals surface area contributed by atoms with Gasteiger partial charge in [-0.3, -0.25) is 9.36 Å². The molecule has 36 heavy (non-hydrogen) atoms. The van der Waals surface area contributed by atoms with E-state index in [2.05, 4.69) is 14.7 Å². The predicted octanol–water partition coefficient (Wildman–Crippen LogP) is 4.32. The van der Waals surface area contributed by atoms with Gasteiger partial charge in [0.15, 0.2) is 0 Å². The smallest absolute Gasteiger partial charge is 0.410 e. The number of halogens is 1. The van der Waals surface area contributed by atoms with E-state index in [1.54, 1.807) is 9.47 Å². The number of fused-ring (bicyclic) bond motifs is 2. The second-order valence-corrected chi connectivity index (χ2v) is 10.3. The van der Waals surface area contributed by atoms with Crippen LogP contribution < -0.4 is 10.9 Å². The van der Waals surface area contributed by atoms with Gasteiger partial charge >= 0.3 is 6.09 Å². The molecule has 2 aliphatic heterocycles. The topological polar surface area (TPSA) is 102 Å². The molecule has 0 aliphatic carbocycles. The zero-order valence-corrected chi connectivity index (χ0v) is 21.1. The highest BCUT2D eigenvalue weighted by Gasteiger charge is 2.38. The van der Waals surface area contributed by atoms with E-state index in [4.69, 9.17) is 21.3 Å². The Kier molecular flexibility index (Phi) is 5.85. The molecule has 6 rings (SSSR count). The highest BCUT2D eigenvalue weighted by atomic mass is 35.5. The van der Waals surface area contributed by atoms with Gasteiger partial charge in [0.05, 0.1) is 23.5 Å². The van der Waals surface area contributed by atoms with Crippen molar-refractivity contribution < 1.29 is 9.53 Å². The Morgan fingerprint density at radius 1 is 1.22 bits per heavy atom. The Bertz CT molecular complexity index is 1510. The second-order valence-electron chi connectivity index (χ2n) is 9.13. The summed E-state index contributed by atoms with van der Waals surface area (Å²) in [6.07, 6.45) is 2.84. The first-order chi connectivity index (χ1) is 17.5. The maximum absolute atomic E-state index is 13.6. The highest BCUT2D eigenvalue weighted by Crippen LogP contribution is 2.34. The number of carbonyl (C=O) groups is 1. The van der Waals surface area contributed by atoms with Crippen molar-refractivity contribution in [3.05, 3.63) is 69.5 Å². The third-order valence-corrected chi connectivity index (χ3v) is 7.79. The fourth-order valence-corrected chi connectivity index (χ4v) is 5.66. The van der Waals surface area contributed by atoms with E-state index in [1.165, 1.54) is 17.9 Å². The number of anilines is 1. The second kappa shape index (κ2) is 9.18. The minimum absolute atomic E-state index is 0.0649. The maximum atomic E-state index is 13.6. The van der Waals surface area contributed by atoms with Crippen LogP contribution in [0.15, 0.2) is 47.5 Å². The number of carbonyl (C=O) groups excluding carboxylic acids is 1. The van der Waals surface area contributed by atoms with Crippen LogP contribution in [0.25, 0.3) is 21.5 Å². The van der Waals surface area contributed by atoms with Crippen LogP contribution >= 0.6 is 23.1 Å². The average Bonchev–Trinajstić information content (AvgIpc) is 3.53. The summed E-state index contributed by atoms with van der Waals surface area (Å²) in [6.45, 7) is 3.29. The number of hydrogen-bond acceptors (Lipinski definition) is 8. The molecule has 0 unspecified atom stereocenters. The molecule has 0 bridgehead atoms. The van der Waals surface area contributed by atoms with Crippen molar-refractivity contribution in [1.82, 2.24) is 23.8 Å². The number of nitrogens with one attached hydrogen (secondary N) is 1. The van der Waals surface area contributed by atoms with Gasteiger partial charge in [-0.1, -0.05) is 23.7 Å². The lowest BCUT2D eigenvalue weighted by molar-refractivity contribution is 0.153. The number of hydrogen-bond donors (Lipinski definition) is 1. The SMILES string of the molecule is Cc1nc2cc(-c3ncns3)c(N[C@H]3CCN4C(=O)OC[C@@H]4C3)cc2c(=O)n1Cc1ccc(Cl)cc1. The molecule has 2 aromatic heterocycles. The first-order valence-electron chi connectivity index (χ1n) is 11.7. The van der Waals surface area contributed by atoms with Gasteiger partial charge in [-0.25, -0.2) is 14.8 Å². The molecule has 1 N–H and O–H groups in total. The predicted molar refractivity (Wildman–Crippen MR) is 139 cm³/mol. The summed E-state index contributed by atoms with van der Waals surface area (Å²) >= 11 is 7.32. The van der Waals surface area contributed by atoms with Crippen LogP contribution in [-0.2, 0) is 11.3 Å². The first-order valence-corrected chi connectivity index (χ1v) is 12.9. The van der Waals surface area contributed by atoms with Crippen molar-refractivity contribution in [2.45, 2.75) is 38.4 Å². The zero-order chi connectivity index (χ0) is 24.8. The summed E-state index contributed by atoms with van der Waals surface area (Å²) < 4.78 is 11.1. The monoisotopic (exact) mass is 522 g/mol.